The largest absolute Gasteiger partial charge is 0.306 e. The molecule has 1 aromatic carbocycles. The van der Waals surface area contributed by atoms with Crippen molar-refractivity contribution in [2.24, 2.45) is 0 Å². The lowest BCUT2D eigenvalue weighted by atomic mass is 10.1. The summed E-state index contributed by atoms with van der Waals surface area (Å²) in [6.07, 6.45) is 0.920. The number of nitrogens with zero attached hydrogens (tertiary/aromatic N) is 2. The molecule has 0 radical (unpaired) electrons. The Morgan fingerprint density at radius 2 is 2.16 bits per heavy atom. The van der Waals surface area contributed by atoms with E-state index in [1.807, 2.05) is 29.2 Å². The van der Waals surface area contributed by atoms with Crippen LogP contribution < -0.4 is 4.90 Å². The van der Waals surface area contributed by atoms with Crippen LogP contribution in [0.25, 0.3) is 0 Å². The second-order valence-electron chi connectivity index (χ2n) is 5.20. The highest BCUT2D eigenvalue weighted by atomic mass is 16.2. The Labute approximate surface area is 112 Å². The van der Waals surface area contributed by atoms with Gasteiger partial charge in [0, 0.05) is 17.9 Å². The quantitative estimate of drug-likeness (QED) is 0.897. The Bertz CT molecular complexity index is 615. The van der Waals surface area contributed by atoms with E-state index < -0.39 is 0 Å². The van der Waals surface area contributed by atoms with E-state index >= 15 is 0 Å². The van der Waals surface area contributed by atoms with Gasteiger partial charge in [-0.15, -0.1) is 0 Å². The van der Waals surface area contributed by atoms with Crippen LogP contribution in [0.15, 0.2) is 30.3 Å². The third-order valence-corrected chi connectivity index (χ3v) is 3.57. The molecule has 4 nitrogen and oxygen atoms in total. The van der Waals surface area contributed by atoms with Crippen molar-refractivity contribution in [1.29, 1.82) is 0 Å². The van der Waals surface area contributed by atoms with Crippen molar-refractivity contribution in [3.05, 3.63) is 47.3 Å². The first-order chi connectivity index (χ1) is 9.16. The minimum Gasteiger partial charge on any atom is -0.306 e. The molecule has 19 heavy (non-hydrogen) atoms. The summed E-state index contributed by atoms with van der Waals surface area (Å²) in [5.74, 6) is 0.327. The number of H-pyrrole nitrogens is 1. The lowest BCUT2D eigenvalue weighted by Gasteiger charge is -2.15. The summed E-state index contributed by atoms with van der Waals surface area (Å²) >= 11 is 0. The third-order valence-electron chi connectivity index (χ3n) is 3.57. The van der Waals surface area contributed by atoms with Crippen LogP contribution in [0.1, 0.15) is 41.5 Å². The second-order valence-corrected chi connectivity index (χ2v) is 5.20. The van der Waals surface area contributed by atoms with Crippen LogP contribution >= 0.6 is 0 Å². The molecule has 0 spiro atoms. The first kappa shape index (κ1) is 12.0. The van der Waals surface area contributed by atoms with Gasteiger partial charge in [-0.3, -0.25) is 9.89 Å². The van der Waals surface area contributed by atoms with E-state index in [0.29, 0.717) is 11.6 Å². The standard InChI is InChI=1S/C15H17N3O/c1-10(2)12-9-13(17-16-12)15(19)18-8-7-11-5-3-4-6-14(11)18/h3-6,9-10H,7-8H2,1-2H3,(H,16,17). The monoisotopic (exact) mass is 255 g/mol. The van der Waals surface area contributed by atoms with Crippen LogP contribution in [0.2, 0.25) is 0 Å². The van der Waals surface area contributed by atoms with E-state index in [9.17, 15) is 4.79 Å². The smallest absolute Gasteiger partial charge is 0.278 e. The number of fused-ring (bicyclic) bond motifs is 1. The molecular weight excluding hydrogens is 238 g/mol. The zero-order valence-electron chi connectivity index (χ0n) is 11.2. The number of anilines is 1. The minimum atomic E-state index is -0.0203. The van der Waals surface area contributed by atoms with E-state index in [1.54, 1.807) is 0 Å². The van der Waals surface area contributed by atoms with Gasteiger partial charge >= 0.3 is 0 Å². The number of aromatic nitrogens is 2. The molecule has 1 amide bonds. The van der Waals surface area contributed by atoms with Crippen molar-refractivity contribution in [3.63, 3.8) is 0 Å². The normalized spacial score (nSPS) is 13.9. The molecular formula is C15H17N3O. The number of hydrogen-bond acceptors (Lipinski definition) is 2. The molecule has 1 aliphatic rings. The molecule has 2 aromatic rings. The van der Waals surface area contributed by atoms with Gasteiger partial charge in [-0.1, -0.05) is 32.0 Å². The number of carbonyl (C=O) groups is 1. The first-order valence-electron chi connectivity index (χ1n) is 6.62. The molecule has 1 aromatic heterocycles. The van der Waals surface area contributed by atoms with Crippen molar-refractivity contribution in [1.82, 2.24) is 10.2 Å². The Morgan fingerprint density at radius 1 is 1.37 bits per heavy atom. The number of benzene rings is 1. The van der Waals surface area contributed by atoms with Gasteiger partial charge in [-0.2, -0.15) is 5.10 Å². The summed E-state index contributed by atoms with van der Waals surface area (Å²) in [6, 6.07) is 9.91. The first-order valence-corrected chi connectivity index (χ1v) is 6.62. The van der Waals surface area contributed by atoms with E-state index in [4.69, 9.17) is 0 Å². The molecule has 0 saturated carbocycles. The number of nitrogens with one attached hydrogen (secondary N) is 1. The van der Waals surface area contributed by atoms with E-state index in [0.717, 1.165) is 24.3 Å². The highest BCUT2D eigenvalue weighted by molar-refractivity contribution is 6.06. The van der Waals surface area contributed by atoms with Crippen LogP contribution in [0.3, 0.4) is 0 Å². The van der Waals surface area contributed by atoms with E-state index in [-0.39, 0.29) is 5.91 Å². The average Bonchev–Trinajstić information content (AvgIpc) is 3.05. The summed E-state index contributed by atoms with van der Waals surface area (Å²) in [7, 11) is 0. The van der Waals surface area contributed by atoms with Crippen LogP contribution in [0.4, 0.5) is 5.69 Å². The maximum atomic E-state index is 12.5. The van der Waals surface area contributed by atoms with Crippen molar-refractivity contribution in [3.8, 4) is 0 Å². The van der Waals surface area contributed by atoms with Crippen LogP contribution in [-0.4, -0.2) is 22.6 Å². The maximum Gasteiger partial charge on any atom is 0.278 e. The Balaban J connectivity index is 1.89. The van der Waals surface area contributed by atoms with Crippen molar-refractivity contribution in [2.45, 2.75) is 26.2 Å². The Hall–Kier alpha value is -2.10. The summed E-state index contributed by atoms with van der Waals surface area (Å²) in [5, 5.41) is 7.07. The molecule has 98 valence electrons. The highest BCUT2D eigenvalue weighted by Gasteiger charge is 2.26. The zero-order valence-corrected chi connectivity index (χ0v) is 11.2. The molecule has 2 heterocycles. The number of aromatic amines is 1. The minimum absolute atomic E-state index is 0.0203. The second kappa shape index (κ2) is 4.53. The predicted molar refractivity (Wildman–Crippen MR) is 74.5 cm³/mol. The Kier molecular flexibility index (Phi) is 2.85. The third kappa shape index (κ3) is 2.03. The van der Waals surface area contributed by atoms with Gasteiger partial charge in [0.25, 0.3) is 5.91 Å². The fourth-order valence-corrected chi connectivity index (χ4v) is 2.43. The van der Waals surface area contributed by atoms with Crippen LogP contribution in [0, 0.1) is 0 Å². The van der Waals surface area contributed by atoms with Gasteiger partial charge in [0.05, 0.1) is 0 Å². The van der Waals surface area contributed by atoms with Crippen molar-refractivity contribution in [2.75, 3.05) is 11.4 Å². The van der Waals surface area contributed by atoms with Crippen molar-refractivity contribution < 1.29 is 4.79 Å². The lowest BCUT2D eigenvalue weighted by Crippen LogP contribution is -2.29. The number of para-hydroxylation sites is 1. The fraction of sp³-hybridized carbons (Fsp3) is 0.333. The van der Waals surface area contributed by atoms with Gasteiger partial charge in [0.2, 0.25) is 0 Å². The molecule has 4 heteroatoms. The number of carbonyl (C=O) groups excluding carboxylic acids is 1. The molecule has 1 N–H and O–H groups in total. The molecule has 0 saturated heterocycles. The molecule has 0 fully saturated rings. The van der Waals surface area contributed by atoms with E-state index in [1.165, 1.54) is 5.56 Å². The zero-order chi connectivity index (χ0) is 13.4. The molecule has 0 aliphatic carbocycles. The molecule has 0 atom stereocenters. The summed E-state index contributed by atoms with van der Waals surface area (Å²) < 4.78 is 0. The summed E-state index contributed by atoms with van der Waals surface area (Å²) in [4.78, 5) is 14.3. The predicted octanol–water partition coefficient (Wildman–Crippen LogP) is 2.74. The molecule has 0 unspecified atom stereocenters. The fourth-order valence-electron chi connectivity index (χ4n) is 2.43. The SMILES string of the molecule is CC(C)c1cc(C(=O)N2CCc3ccccc32)n[nH]1. The Morgan fingerprint density at radius 3 is 2.89 bits per heavy atom. The van der Waals surface area contributed by atoms with Gasteiger partial charge in [-0.05, 0) is 30.0 Å². The van der Waals surface area contributed by atoms with Crippen molar-refractivity contribution >= 4 is 11.6 Å². The molecule has 1 aliphatic heterocycles. The average molecular weight is 255 g/mol. The van der Waals surface area contributed by atoms with Gasteiger partial charge in [-0.25, -0.2) is 0 Å². The van der Waals surface area contributed by atoms with Gasteiger partial charge in [0.1, 0.15) is 0 Å². The van der Waals surface area contributed by atoms with Crippen LogP contribution in [0.5, 0.6) is 0 Å². The summed E-state index contributed by atoms with van der Waals surface area (Å²) in [6.45, 7) is 4.89. The summed E-state index contributed by atoms with van der Waals surface area (Å²) in [5.41, 5.74) is 3.74. The van der Waals surface area contributed by atoms with E-state index in [2.05, 4.69) is 30.1 Å². The van der Waals surface area contributed by atoms with Gasteiger partial charge in [0.15, 0.2) is 5.69 Å². The number of amides is 1. The highest BCUT2D eigenvalue weighted by Crippen LogP contribution is 2.28. The van der Waals surface area contributed by atoms with Crippen LogP contribution in [-0.2, 0) is 6.42 Å². The number of hydrogen-bond donors (Lipinski definition) is 1. The number of rotatable bonds is 2. The molecule has 3 rings (SSSR count). The molecule has 0 bridgehead atoms. The topological polar surface area (TPSA) is 49.0 Å². The maximum absolute atomic E-state index is 12.5. The van der Waals surface area contributed by atoms with Gasteiger partial charge < -0.3 is 4.90 Å². The lowest BCUT2D eigenvalue weighted by molar-refractivity contribution is 0.0984.